The Morgan fingerprint density at radius 2 is 1.62 bits per heavy atom. The van der Waals surface area contributed by atoms with E-state index in [1.807, 2.05) is 12.1 Å². The third-order valence-corrected chi connectivity index (χ3v) is 2.00. The van der Waals surface area contributed by atoms with Crippen LogP contribution in [0.5, 0.6) is 5.75 Å². The van der Waals surface area contributed by atoms with Crippen molar-refractivity contribution in [2.45, 2.75) is 33.6 Å². The van der Waals surface area contributed by atoms with Crippen molar-refractivity contribution in [1.82, 2.24) is 5.32 Å². The zero-order valence-corrected chi connectivity index (χ0v) is 11.0. The number of nitrogens with one attached hydrogen (secondary N) is 1. The van der Waals surface area contributed by atoms with Crippen molar-refractivity contribution < 1.29 is 4.74 Å². The van der Waals surface area contributed by atoms with E-state index in [4.69, 9.17) is 4.74 Å². The number of methoxy groups -OCH3 is 1. The van der Waals surface area contributed by atoms with Gasteiger partial charge in [-0.2, -0.15) is 0 Å². The Labute approximate surface area is 100 Å². The molecular weight excluding hydrogens is 198 g/mol. The molecule has 0 saturated heterocycles. The standard InChI is InChI=1S/C11H17NO.C3H8/c1-3-12-9-8-10-4-6-11(13-2)7-5-10;1-3-2/h4-7,12H,3,8-9H2,1-2H3;3H2,1-2H3. The molecule has 0 atom stereocenters. The highest BCUT2D eigenvalue weighted by atomic mass is 16.5. The minimum absolute atomic E-state index is 0.923. The van der Waals surface area contributed by atoms with Crippen LogP contribution in [0.15, 0.2) is 24.3 Å². The van der Waals surface area contributed by atoms with Gasteiger partial charge in [0.15, 0.2) is 0 Å². The second kappa shape index (κ2) is 10.5. The first-order chi connectivity index (χ1) is 7.78. The quantitative estimate of drug-likeness (QED) is 0.774. The van der Waals surface area contributed by atoms with E-state index in [-0.39, 0.29) is 0 Å². The van der Waals surface area contributed by atoms with Gasteiger partial charge in [0.25, 0.3) is 0 Å². The maximum Gasteiger partial charge on any atom is 0.118 e. The van der Waals surface area contributed by atoms with E-state index in [0.29, 0.717) is 0 Å². The molecule has 0 unspecified atom stereocenters. The summed E-state index contributed by atoms with van der Waals surface area (Å²) in [5.41, 5.74) is 1.35. The molecule has 0 aromatic heterocycles. The third-order valence-electron chi connectivity index (χ3n) is 2.00. The zero-order valence-electron chi connectivity index (χ0n) is 11.0. The lowest BCUT2D eigenvalue weighted by atomic mass is 10.1. The average Bonchev–Trinajstić information content (AvgIpc) is 2.31. The fourth-order valence-corrected chi connectivity index (χ4v) is 1.20. The van der Waals surface area contributed by atoms with Crippen LogP contribution >= 0.6 is 0 Å². The first-order valence-corrected chi connectivity index (χ1v) is 6.12. The van der Waals surface area contributed by atoms with Crippen molar-refractivity contribution >= 4 is 0 Å². The van der Waals surface area contributed by atoms with Crippen molar-refractivity contribution in [2.75, 3.05) is 20.2 Å². The van der Waals surface area contributed by atoms with Crippen LogP contribution in [0.4, 0.5) is 0 Å². The lowest BCUT2D eigenvalue weighted by Gasteiger charge is -2.03. The van der Waals surface area contributed by atoms with E-state index in [1.54, 1.807) is 7.11 Å². The van der Waals surface area contributed by atoms with Crippen LogP contribution in [0.1, 0.15) is 32.8 Å². The molecular formula is C14H25NO. The molecule has 0 heterocycles. The summed E-state index contributed by atoms with van der Waals surface area (Å²) in [6, 6.07) is 8.22. The van der Waals surface area contributed by atoms with E-state index in [9.17, 15) is 0 Å². The Kier molecular flexibility index (Phi) is 9.83. The molecule has 1 N–H and O–H groups in total. The lowest BCUT2D eigenvalue weighted by Crippen LogP contribution is -2.15. The molecule has 0 aliphatic heterocycles. The van der Waals surface area contributed by atoms with E-state index < -0.39 is 0 Å². The average molecular weight is 223 g/mol. The van der Waals surface area contributed by atoms with E-state index in [2.05, 4.69) is 38.2 Å². The summed E-state index contributed by atoms with van der Waals surface area (Å²) < 4.78 is 5.08. The minimum atomic E-state index is 0.923. The summed E-state index contributed by atoms with van der Waals surface area (Å²) in [6.45, 7) is 8.45. The topological polar surface area (TPSA) is 21.3 Å². The van der Waals surface area contributed by atoms with E-state index >= 15 is 0 Å². The number of ether oxygens (including phenoxy) is 1. The molecule has 0 radical (unpaired) electrons. The van der Waals surface area contributed by atoms with Crippen LogP contribution in [-0.2, 0) is 6.42 Å². The lowest BCUT2D eigenvalue weighted by molar-refractivity contribution is 0.414. The predicted octanol–water partition coefficient (Wildman–Crippen LogP) is 3.26. The summed E-state index contributed by atoms with van der Waals surface area (Å²) in [7, 11) is 1.69. The monoisotopic (exact) mass is 223 g/mol. The highest BCUT2D eigenvalue weighted by molar-refractivity contribution is 5.27. The highest BCUT2D eigenvalue weighted by Crippen LogP contribution is 2.11. The number of likely N-dealkylation sites (N-methyl/N-ethyl adjacent to an activating group) is 1. The van der Waals surface area contributed by atoms with Gasteiger partial charge in [-0.15, -0.1) is 0 Å². The second-order valence-electron chi connectivity index (χ2n) is 3.66. The molecule has 0 saturated carbocycles. The molecule has 0 aliphatic rings. The maximum absolute atomic E-state index is 5.08. The Hall–Kier alpha value is -1.02. The normalized spacial score (nSPS) is 9.25. The Bertz CT molecular complexity index is 243. The number of hydrogen-bond donors (Lipinski definition) is 1. The molecule has 2 nitrogen and oxygen atoms in total. The van der Waals surface area contributed by atoms with Gasteiger partial charge in [-0.3, -0.25) is 0 Å². The summed E-state index contributed by atoms with van der Waals surface area (Å²) in [5, 5.41) is 3.29. The van der Waals surface area contributed by atoms with Crippen molar-refractivity contribution in [3.63, 3.8) is 0 Å². The molecule has 1 rings (SSSR count). The molecule has 1 aromatic rings. The SMILES string of the molecule is CCC.CCNCCc1ccc(OC)cc1. The molecule has 16 heavy (non-hydrogen) atoms. The summed E-state index contributed by atoms with van der Waals surface area (Å²) in [4.78, 5) is 0. The van der Waals surface area contributed by atoms with Gasteiger partial charge < -0.3 is 10.1 Å². The fourth-order valence-electron chi connectivity index (χ4n) is 1.20. The Balaban J connectivity index is 0.000000673. The van der Waals surface area contributed by atoms with Crippen molar-refractivity contribution in [2.24, 2.45) is 0 Å². The number of hydrogen-bond acceptors (Lipinski definition) is 2. The molecule has 0 fully saturated rings. The van der Waals surface area contributed by atoms with Gasteiger partial charge in [-0.1, -0.05) is 39.3 Å². The molecule has 0 aliphatic carbocycles. The predicted molar refractivity (Wildman–Crippen MR) is 71.2 cm³/mol. The Morgan fingerprint density at radius 3 is 2.06 bits per heavy atom. The van der Waals surface area contributed by atoms with Gasteiger partial charge in [0.05, 0.1) is 7.11 Å². The first kappa shape index (κ1) is 15.0. The van der Waals surface area contributed by atoms with Crippen LogP contribution in [0, 0.1) is 0 Å². The van der Waals surface area contributed by atoms with Crippen molar-refractivity contribution in [1.29, 1.82) is 0 Å². The van der Waals surface area contributed by atoms with Gasteiger partial charge in [0.1, 0.15) is 5.75 Å². The van der Waals surface area contributed by atoms with Crippen LogP contribution < -0.4 is 10.1 Å². The number of rotatable bonds is 5. The fraction of sp³-hybridized carbons (Fsp3) is 0.571. The van der Waals surface area contributed by atoms with E-state index in [1.165, 1.54) is 12.0 Å². The number of benzene rings is 1. The smallest absolute Gasteiger partial charge is 0.118 e. The van der Waals surface area contributed by atoms with Crippen molar-refractivity contribution in [3.05, 3.63) is 29.8 Å². The summed E-state index contributed by atoms with van der Waals surface area (Å²) in [5.74, 6) is 0.923. The Morgan fingerprint density at radius 1 is 1.06 bits per heavy atom. The molecule has 92 valence electrons. The summed E-state index contributed by atoms with van der Waals surface area (Å²) >= 11 is 0. The van der Waals surface area contributed by atoms with Crippen LogP contribution in [0.2, 0.25) is 0 Å². The minimum Gasteiger partial charge on any atom is -0.497 e. The zero-order chi connectivity index (χ0) is 12.2. The molecule has 0 bridgehead atoms. The van der Waals surface area contributed by atoms with Gasteiger partial charge in [0.2, 0.25) is 0 Å². The first-order valence-electron chi connectivity index (χ1n) is 6.12. The molecule has 0 amide bonds. The van der Waals surface area contributed by atoms with Crippen LogP contribution in [0.25, 0.3) is 0 Å². The van der Waals surface area contributed by atoms with Crippen molar-refractivity contribution in [3.8, 4) is 5.75 Å². The second-order valence-corrected chi connectivity index (χ2v) is 3.66. The largest absolute Gasteiger partial charge is 0.497 e. The maximum atomic E-state index is 5.08. The summed E-state index contributed by atoms with van der Waals surface area (Å²) in [6.07, 6.45) is 2.33. The van der Waals surface area contributed by atoms with E-state index in [0.717, 1.165) is 25.3 Å². The molecule has 2 heteroatoms. The molecule has 1 aromatic carbocycles. The molecule has 0 spiro atoms. The van der Waals surface area contributed by atoms with Gasteiger partial charge in [-0.25, -0.2) is 0 Å². The van der Waals surface area contributed by atoms with Gasteiger partial charge in [0, 0.05) is 0 Å². The van der Waals surface area contributed by atoms with Crippen LogP contribution in [0.3, 0.4) is 0 Å². The van der Waals surface area contributed by atoms with Gasteiger partial charge in [-0.05, 0) is 37.2 Å². The van der Waals surface area contributed by atoms with Gasteiger partial charge >= 0.3 is 0 Å². The van der Waals surface area contributed by atoms with Crippen LogP contribution in [-0.4, -0.2) is 20.2 Å². The highest BCUT2D eigenvalue weighted by Gasteiger charge is 1.93. The third kappa shape index (κ3) is 7.30.